The van der Waals surface area contributed by atoms with Gasteiger partial charge in [0, 0.05) is 35.3 Å². The lowest BCUT2D eigenvalue weighted by Crippen LogP contribution is -2.42. The summed E-state index contributed by atoms with van der Waals surface area (Å²) in [5, 5.41) is 16.3. The molecule has 0 aliphatic rings. The van der Waals surface area contributed by atoms with Crippen molar-refractivity contribution in [1.82, 2.24) is 23.9 Å². The van der Waals surface area contributed by atoms with Crippen molar-refractivity contribution in [2.75, 3.05) is 0 Å². The van der Waals surface area contributed by atoms with Gasteiger partial charge in [0.05, 0.1) is 43.3 Å². The topological polar surface area (TPSA) is 131 Å². The second kappa shape index (κ2) is 10.9. The Kier molecular flexibility index (Phi) is 7.08. The van der Waals surface area contributed by atoms with Gasteiger partial charge in [-0.2, -0.15) is 5.10 Å². The first kappa shape index (κ1) is 25.3. The largest absolute Gasteiger partial charge is 0.472 e. The molecule has 0 fully saturated rings. The summed E-state index contributed by atoms with van der Waals surface area (Å²) in [5.41, 5.74) is -0.540. The van der Waals surface area contributed by atoms with Gasteiger partial charge in [-0.25, -0.2) is 13.8 Å². The van der Waals surface area contributed by atoms with Crippen molar-refractivity contribution in [3.05, 3.63) is 144 Å². The van der Waals surface area contributed by atoms with Crippen LogP contribution in [0.4, 0.5) is 10.1 Å². The Balaban J connectivity index is 1.58. The lowest BCUT2D eigenvalue weighted by molar-refractivity contribution is -0.387. The zero-order chi connectivity index (χ0) is 27.4. The van der Waals surface area contributed by atoms with E-state index in [1.807, 2.05) is 0 Å². The van der Waals surface area contributed by atoms with Crippen molar-refractivity contribution in [2.45, 2.75) is 19.6 Å². The quantitative estimate of drug-likeness (QED) is 0.211. The van der Waals surface area contributed by atoms with E-state index in [2.05, 4.69) is 10.1 Å². The summed E-state index contributed by atoms with van der Waals surface area (Å²) in [6.45, 7) is -0.0598. The average Bonchev–Trinajstić information content (AvgIpc) is 3.61. The van der Waals surface area contributed by atoms with E-state index >= 15 is 0 Å². The Bertz CT molecular complexity index is 1770. The van der Waals surface area contributed by atoms with Gasteiger partial charge in [0.2, 0.25) is 0 Å². The number of furan rings is 1. The van der Waals surface area contributed by atoms with Crippen LogP contribution in [0.5, 0.6) is 0 Å². The van der Waals surface area contributed by atoms with Gasteiger partial charge in [-0.05, 0) is 42.0 Å². The van der Waals surface area contributed by atoms with Crippen LogP contribution in [-0.4, -0.2) is 28.8 Å². The molecule has 12 heteroatoms. The van der Waals surface area contributed by atoms with Crippen molar-refractivity contribution < 1.29 is 13.7 Å². The van der Waals surface area contributed by atoms with Crippen LogP contribution in [0.15, 0.2) is 93.8 Å². The summed E-state index contributed by atoms with van der Waals surface area (Å²) in [5.74, 6) is -0.364. The predicted octanol–water partition coefficient (Wildman–Crippen LogP) is 3.56. The molecule has 0 spiro atoms. The molecule has 39 heavy (non-hydrogen) atoms. The van der Waals surface area contributed by atoms with Crippen LogP contribution in [-0.2, 0) is 19.6 Å². The molecule has 4 heterocycles. The number of pyridine rings is 1. The Morgan fingerprint density at radius 1 is 0.974 bits per heavy atom. The third-order valence-corrected chi connectivity index (χ3v) is 6.01. The zero-order valence-corrected chi connectivity index (χ0v) is 20.4. The molecular weight excluding hydrogens is 507 g/mol. The molecule has 0 saturated carbocycles. The molecule has 11 nitrogen and oxygen atoms in total. The number of halogens is 1. The van der Waals surface area contributed by atoms with E-state index in [9.17, 15) is 24.1 Å². The van der Waals surface area contributed by atoms with Gasteiger partial charge in [0.15, 0.2) is 0 Å². The summed E-state index contributed by atoms with van der Waals surface area (Å²) >= 11 is 0. The maximum Gasteiger partial charge on any atom is 0.357 e. The first-order chi connectivity index (χ1) is 18.9. The van der Waals surface area contributed by atoms with Gasteiger partial charge in [-0.3, -0.25) is 29.1 Å². The number of hydrogen-bond acceptors (Lipinski definition) is 7. The van der Waals surface area contributed by atoms with Crippen LogP contribution in [0.25, 0.3) is 12.2 Å². The second-order valence-electron chi connectivity index (χ2n) is 8.63. The standard InChI is InChI=1S/C27H21FN6O5/c28-23-4-2-1-3-22(23)17-31-14-20(13-30-31)5-6-24-25(34(37)38)26(35)33(16-21-9-12-39-18-21)27(36)32(24)15-19-7-10-29-11-8-19/h1-14,18H,15-17H2/b6-5+. The maximum atomic E-state index is 14.0. The monoisotopic (exact) mass is 528 g/mol. The highest BCUT2D eigenvalue weighted by Gasteiger charge is 2.27. The average molecular weight is 529 g/mol. The molecule has 4 aromatic heterocycles. The van der Waals surface area contributed by atoms with Gasteiger partial charge in [-0.15, -0.1) is 0 Å². The molecule has 5 rings (SSSR count). The number of benzene rings is 1. The van der Waals surface area contributed by atoms with Crippen molar-refractivity contribution in [1.29, 1.82) is 0 Å². The lowest BCUT2D eigenvalue weighted by atomic mass is 10.2. The van der Waals surface area contributed by atoms with Crippen LogP contribution < -0.4 is 11.2 Å². The van der Waals surface area contributed by atoms with Gasteiger partial charge in [-0.1, -0.05) is 18.2 Å². The van der Waals surface area contributed by atoms with Gasteiger partial charge >= 0.3 is 16.9 Å². The Hall–Kier alpha value is -5.39. The molecule has 0 unspecified atom stereocenters. The number of hydrogen-bond donors (Lipinski definition) is 0. The zero-order valence-electron chi connectivity index (χ0n) is 20.4. The van der Waals surface area contributed by atoms with E-state index in [4.69, 9.17) is 4.42 Å². The van der Waals surface area contributed by atoms with Crippen LogP contribution in [0.1, 0.15) is 27.9 Å². The van der Waals surface area contributed by atoms with Gasteiger partial charge in [0.1, 0.15) is 11.5 Å². The first-order valence-corrected chi connectivity index (χ1v) is 11.8. The molecule has 0 amide bonds. The lowest BCUT2D eigenvalue weighted by Gasteiger charge is -2.14. The molecule has 1 aromatic carbocycles. The molecule has 0 bridgehead atoms. The highest BCUT2D eigenvalue weighted by atomic mass is 19.1. The SMILES string of the molecule is O=c1c([N+](=O)[O-])c(/C=C/c2cnn(Cc3ccccc3F)c2)n(Cc2ccncc2)c(=O)n1Cc1ccoc1. The molecule has 196 valence electrons. The molecule has 0 aliphatic carbocycles. The van der Waals surface area contributed by atoms with Crippen molar-refractivity contribution in [3.8, 4) is 0 Å². The van der Waals surface area contributed by atoms with E-state index in [0.717, 1.165) is 4.57 Å². The Morgan fingerprint density at radius 2 is 1.74 bits per heavy atom. The van der Waals surface area contributed by atoms with Crippen molar-refractivity contribution in [3.63, 3.8) is 0 Å². The fraction of sp³-hybridized carbons (Fsp3) is 0.111. The van der Waals surface area contributed by atoms with Crippen LogP contribution in [0, 0.1) is 15.9 Å². The van der Waals surface area contributed by atoms with E-state index in [1.165, 1.54) is 58.6 Å². The molecule has 0 atom stereocenters. The highest BCUT2D eigenvalue weighted by molar-refractivity contribution is 5.71. The van der Waals surface area contributed by atoms with Gasteiger partial charge in [0.25, 0.3) is 0 Å². The van der Waals surface area contributed by atoms with E-state index in [1.54, 1.807) is 42.6 Å². The van der Waals surface area contributed by atoms with Crippen LogP contribution in [0.3, 0.4) is 0 Å². The first-order valence-electron chi connectivity index (χ1n) is 11.8. The highest BCUT2D eigenvalue weighted by Crippen LogP contribution is 2.18. The summed E-state index contributed by atoms with van der Waals surface area (Å²) in [6, 6.07) is 11.2. The van der Waals surface area contributed by atoms with Crippen LogP contribution >= 0.6 is 0 Å². The van der Waals surface area contributed by atoms with Gasteiger partial charge < -0.3 is 4.42 Å². The third-order valence-electron chi connectivity index (χ3n) is 6.01. The van der Waals surface area contributed by atoms with Crippen LogP contribution in [0.2, 0.25) is 0 Å². The molecule has 0 aliphatic heterocycles. The number of aromatic nitrogens is 5. The number of nitrogens with zero attached hydrogens (tertiary/aromatic N) is 6. The predicted molar refractivity (Wildman–Crippen MR) is 139 cm³/mol. The normalized spacial score (nSPS) is 11.3. The molecular formula is C27H21FN6O5. The minimum atomic E-state index is -1.04. The summed E-state index contributed by atoms with van der Waals surface area (Å²) < 4.78 is 22.6. The Labute approximate surface area is 219 Å². The van der Waals surface area contributed by atoms with E-state index < -0.39 is 21.9 Å². The Morgan fingerprint density at radius 3 is 2.46 bits per heavy atom. The van der Waals surface area contributed by atoms with Crippen molar-refractivity contribution in [2.24, 2.45) is 0 Å². The van der Waals surface area contributed by atoms with Crippen molar-refractivity contribution >= 4 is 17.8 Å². The van der Waals surface area contributed by atoms with E-state index in [0.29, 0.717) is 22.3 Å². The molecule has 0 saturated heterocycles. The maximum absolute atomic E-state index is 14.0. The fourth-order valence-corrected chi connectivity index (χ4v) is 4.10. The molecule has 5 aromatic rings. The minimum absolute atomic E-state index is 0.0416. The smallest absolute Gasteiger partial charge is 0.357 e. The number of nitro groups is 1. The third kappa shape index (κ3) is 5.49. The fourth-order valence-electron chi connectivity index (χ4n) is 4.10. The molecule has 0 radical (unpaired) electrons. The molecule has 0 N–H and O–H groups in total. The van der Waals surface area contributed by atoms with E-state index in [-0.39, 0.29) is 31.1 Å². The summed E-state index contributed by atoms with van der Waals surface area (Å²) in [4.78, 5) is 42.1. The summed E-state index contributed by atoms with van der Waals surface area (Å²) in [7, 11) is 0. The second-order valence-corrected chi connectivity index (χ2v) is 8.63. The number of rotatable bonds is 9. The summed E-state index contributed by atoms with van der Waals surface area (Å²) in [6.07, 6.45) is 11.8. The minimum Gasteiger partial charge on any atom is -0.472 e.